The normalized spacial score (nSPS) is 47.5. The third kappa shape index (κ3) is 0.944. The zero-order valence-electron chi connectivity index (χ0n) is 7.58. The molecule has 0 aromatic carbocycles. The minimum atomic E-state index is -1.28. The van der Waals surface area contributed by atoms with E-state index in [1.807, 2.05) is 0 Å². The molecule has 6 heteroatoms. The van der Waals surface area contributed by atoms with E-state index in [0.29, 0.717) is 0 Å². The van der Waals surface area contributed by atoms with Crippen molar-refractivity contribution >= 4 is 17.9 Å². The topological polar surface area (TPSA) is 89.9 Å². The lowest BCUT2D eigenvalue weighted by molar-refractivity contribution is -0.162. The first-order valence-electron chi connectivity index (χ1n) is 4.73. The Bertz CT molecular complexity index is 375. The predicted octanol–water partition coefficient (Wildman–Crippen LogP) is -1.19. The van der Waals surface area contributed by atoms with E-state index in [1.165, 1.54) is 0 Å². The number of cyclic esters (lactones) is 3. The van der Waals surface area contributed by atoms with Crippen LogP contribution in [-0.2, 0) is 23.9 Å². The summed E-state index contributed by atoms with van der Waals surface area (Å²) < 4.78 is 9.08. The number of aliphatic hydroxyl groups is 1. The van der Waals surface area contributed by atoms with Gasteiger partial charge in [-0.05, 0) is 6.42 Å². The number of esters is 3. The summed E-state index contributed by atoms with van der Waals surface area (Å²) in [6.45, 7) is 0. The van der Waals surface area contributed by atoms with Crippen LogP contribution in [0.5, 0.6) is 0 Å². The minimum Gasteiger partial charge on any atom is -0.435 e. The van der Waals surface area contributed by atoms with E-state index in [9.17, 15) is 19.5 Å². The molecule has 6 nitrogen and oxygen atoms in total. The van der Waals surface area contributed by atoms with E-state index in [4.69, 9.17) is 0 Å². The molecule has 1 aliphatic carbocycles. The van der Waals surface area contributed by atoms with Crippen molar-refractivity contribution < 1.29 is 29.0 Å². The van der Waals surface area contributed by atoms with Crippen LogP contribution in [0.15, 0.2) is 0 Å². The van der Waals surface area contributed by atoms with Gasteiger partial charge >= 0.3 is 17.9 Å². The Morgan fingerprint density at radius 2 is 1.80 bits per heavy atom. The van der Waals surface area contributed by atoms with E-state index in [1.54, 1.807) is 0 Å². The molecule has 3 fully saturated rings. The SMILES string of the molecule is O=C1OC(=O)C2C1CC1C(=O)OC(O)C12. The number of carbonyl (C=O) groups is 3. The fourth-order valence-corrected chi connectivity index (χ4v) is 2.82. The fraction of sp³-hybridized carbons (Fsp3) is 0.667. The van der Waals surface area contributed by atoms with Crippen LogP contribution in [0.2, 0.25) is 0 Å². The molecule has 15 heavy (non-hydrogen) atoms. The van der Waals surface area contributed by atoms with Crippen LogP contribution in [-0.4, -0.2) is 29.3 Å². The van der Waals surface area contributed by atoms with Gasteiger partial charge < -0.3 is 14.6 Å². The largest absolute Gasteiger partial charge is 0.435 e. The Labute approximate surface area is 84.1 Å². The summed E-state index contributed by atoms with van der Waals surface area (Å²) in [6.07, 6.45) is -1.04. The van der Waals surface area contributed by atoms with Crippen molar-refractivity contribution in [3.63, 3.8) is 0 Å². The highest BCUT2D eigenvalue weighted by atomic mass is 16.6. The van der Waals surface area contributed by atoms with Crippen molar-refractivity contribution in [3.05, 3.63) is 0 Å². The number of ether oxygens (including phenoxy) is 2. The van der Waals surface area contributed by atoms with Crippen molar-refractivity contribution in [1.29, 1.82) is 0 Å². The maximum atomic E-state index is 11.3. The van der Waals surface area contributed by atoms with E-state index < -0.39 is 47.9 Å². The zero-order valence-corrected chi connectivity index (χ0v) is 7.58. The number of carbonyl (C=O) groups excluding carboxylic acids is 3. The first-order chi connectivity index (χ1) is 7.09. The molecule has 1 saturated carbocycles. The number of hydrogen-bond donors (Lipinski definition) is 1. The quantitative estimate of drug-likeness (QED) is 0.401. The molecule has 0 spiro atoms. The fourth-order valence-electron chi connectivity index (χ4n) is 2.82. The summed E-state index contributed by atoms with van der Waals surface area (Å²) in [6, 6.07) is 0. The van der Waals surface area contributed by atoms with Gasteiger partial charge in [0.2, 0.25) is 6.29 Å². The Morgan fingerprint density at radius 3 is 2.53 bits per heavy atom. The van der Waals surface area contributed by atoms with Crippen LogP contribution in [0.1, 0.15) is 6.42 Å². The van der Waals surface area contributed by atoms with Gasteiger partial charge in [-0.25, -0.2) is 0 Å². The lowest BCUT2D eigenvalue weighted by atomic mass is 9.89. The third-order valence-electron chi connectivity index (χ3n) is 3.47. The van der Waals surface area contributed by atoms with Crippen molar-refractivity contribution in [1.82, 2.24) is 0 Å². The van der Waals surface area contributed by atoms with Crippen molar-refractivity contribution in [2.45, 2.75) is 12.7 Å². The molecule has 80 valence electrons. The van der Waals surface area contributed by atoms with Crippen LogP contribution in [0.3, 0.4) is 0 Å². The summed E-state index contributed by atoms with van der Waals surface area (Å²) in [4.78, 5) is 33.8. The first kappa shape index (κ1) is 8.84. The molecule has 0 aromatic rings. The van der Waals surface area contributed by atoms with Crippen LogP contribution in [0.4, 0.5) is 0 Å². The van der Waals surface area contributed by atoms with Gasteiger partial charge in [-0.3, -0.25) is 14.4 Å². The minimum absolute atomic E-state index is 0.246. The molecular weight excluding hydrogens is 204 g/mol. The van der Waals surface area contributed by atoms with E-state index in [0.717, 1.165) is 0 Å². The second-order valence-electron chi connectivity index (χ2n) is 4.12. The highest BCUT2D eigenvalue weighted by Crippen LogP contribution is 2.51. The highest BCUT2D eigenvalue weighted by molar-refractivity contribution is 5.98. The van der Waals surface area contributed by atoms with Crippen molar-refractivity contribution in [2.24, 2.45) is 23.7 Å². The third-order valence-corrected chi connectivity index (χ3v) is 3.47. The van der Waals surface area contributed by atoms with Gasteiger partial charge in [-0.15, -0.1) is 0 Å². The molecule has 0 amide bonds. The molecule has 3 aliphatic rings. The molecule has 0 aromatic heterocycles. The highest BCUT2D eigenvalue weighted by Gasteiger charge is 2.64. The second-order valence-corrected chi connectivity index (χ2v) is 4.12. The average Bonchev–Trinajstić information content (AvgIpc) is 2.72. The standard InChI is InChI=1S/C9H8O6/c10-6-2-1-3-5(4(2)8(12)14-6)9(13)15-7(3)11/h2-5,8,12H,1H2. The molecule has 2 saturated heterocycles. The molecular formula is C9H8O6. The van der Waals surface area contributed by atoms with Crippen molar-refractivity contribution in [3.8, 4) is 0 Å². The maximum Gasteiger partial charge on any atom is 0.318 e. The Kier molecular flexibility index (Phi) is 1.52. The van der Waals surface area contributed by atoms with Crippen LogP contribution < -0.4 is 0 Å². The van der Waals surface area contributed by atoms with Gasteiger partial charge in [0.05, 0.1) is 17.8 Å². The van der Waals surface area contributed by atoms with Crippen molar-refractivity contribution in [2.75, 3.05) is 0 Å². The number of rotatable bonds is 0. The molecule has 2 heterocycles. The Morgan fingerprint density at radius 1 is 1.07 bits per heavy atom. The van der Waals surface area contributed by atoms with E-state index in [-0.39, 0.29) is 6.42 Å². The summed E-state index contributed by atoms with van der Waals surface area (Å²) in [5.74, 6) is -4.18. The number of hydrogen-bond acceptors (Lipinski definition) is 6. The number of fused-ring (bicyclic) bond motifs is 3. The average molecular weight is 212 g/mol. The van der Waals surface area contributed by atoms with Crippen LogP contribution >= 0.6 is 0 Å². The first-order valence-corrected chi connectivity index (χ1v) is 4.73. The monoisotopic (exact) mass is 212 g/mol. The molecule has 1 N–H and O–H groups in total. The smallest absolute Gasteiger partial charge is 0.318 e. The predicted molar refractivity (Wildman–Crippen MR) is 41.8 cm³/mol. The van der Waals surface area contributed by atoms with Gasteiger partial charge in [-0.2, -0.15) is 0 Å². The summed E-state index contributed by atoms with van der Waals surface area (Å²) in [5.41, 5.74) is 0. The molecule has 3 rings (SSSR count). The summed E-state index contributed by atoms with van der Waals surface area (Å²) in [7, 11) is 0. The van der Waals surface area contributed by atoms with Crippen LogP contribution in [0, 0.1) is 23.7 Å². The van der Waals surface area contributed by atoms with E-state index >= 15 is 0 Å². The Hall–Kier alpha value is -1.43. The molecule has 0 bridgehead atoms. The summed E-state index contributed by atoms with van der Waals surface area (Å²) >= 11 is 0. The molecule has 2 aliphatic heterocycles. The molecule has 5 atom stereocenters. The van der Waals surface area contributed by atoms with Gasteiger partial charge in [0, 0.05) is 5.92 Å². The van der Waals surface area contributed by atoms with Gasteiger partial charge in [-0.1, -0.05) is 0 Å². The summed E-state index contributed by atoms with van der Waals surface area (Å²) in [5, 5.41) is 9.46. The zero-order chi connectivity index (χ0) is 10.7. The molecule has 5 unspecified atom stereocenters. The van der Waals surface area contributed by atoms with Crippen LogP contribution in [0.25, 0.3) is 0 Å². The van der Waals surface area contributed by atoms with Gasteiger partial charge in [0.1, 0.15) is 0 Å². The van der Waals surface area contributed by atoms with E-state index in [2.05, 4.69) is 9.47 Å². The van der Waals surface area contributed by atoms with Gasteiger partial charge in [0.15, 0.2) is 0 Å². The van der Waals surface area contributed by atoms with Gasteiger partial charge in [0.25, 0.3) is 0 Å². The molecule has 0 radical (unpaired) electrons. The lowest BCUT2D eigenvalue weighted by Crippen LogP contribution is -2.28. The maximum absolute atomic E-state index is 11.3. The Balaban J connectivity index is 1.99. The lowest BCUT2D eigenvalue weighted by Gasteiger charge is -2.13. The second kappa shape index (κ2) is 2.57. The number of aliphatic hydroxyl groups excluding tert-OH is 1.